The van der Waals surface area contributed by atoms with E-state index >= 15 is 0 Å². The second-order valence-corrected chi connectivity index (χ2v) is 15.1. The number of nitrogens with one attached hydrogen (secondary N) is 2. The topological polar surface area (TPSA) is 155 Å². The average Bonchev–Trinajstić information content (AvgIpc) is 3.96. The van der Waals surface area contributed by atoms with Crippen LogP contribution in [0.3, 0.4) is 0 Å². The van der Waals surface area contributed by atoms with Crippen molar-refractivity contribution in [3.05, 3.63) is 75.5 Å². The van der Waals surface area contributed by atoms with E-state index in [1.54, 1.807) is 0 Å². The number of alkyl halides is 2. The minimum atomic E-state index is -3.80. The van der Waals surface area contributed by atoms with E-state index in [9.17, 15) is 26.8 Å². The van der Waals surface area contributed by atoms with Crippen LogP contribution in [0.15, 0.2) is 48.8 Å². The summed E-state index contributed by atoms with van der Waals surface area (Å²) in [6.45, 7) is -0.0947. The first kappa shape index (κ1) is 40.2. The third-order valence-electron chi connectivity index (χ3n) is 8.45. The molecule has 2 aliphatic rings. The molecule has 1 aliphatic heterocycles. The van der Waals surface area contributed by atoms with Crippen LogP contribution in [0.1, 0.15) is 46.9 Å². The molecule has 53 heavy (non-hydrogen) atoms. The van der Waals surface area contributed by atoms with Gasteiger partial charge in [0.2, 0.25) is 10.0 Å². The van der Waals surface area contributed by atoms with Gasteiger partial charge in [-0.25, -0.2) is 8.42 Å². The highest BCUT2D eigenvalue weighted by molar-refractivity contribution is 7.92. The van der Waals surface area contributed by atoms with E-state index in [0.29, 0.717) is 49.8 Å². The Kier molecular flexibility index (Phi) is 14.3. The van der Waals surface area contributed by atoms with Crippen LogP contribution in [0.4, 0.5) is 14.5 Å². The Morgan fingerprint density at radius 1 is 1.04 bits per heavy atom. The van der Waals surface area contributed by atoms with Crippen LogP contribution in [0.2, 0.25) is 10.0 Å². The molecule has 1 aromatic heterocycles. The van der Waals surface area contributed by atoms with Crippen molar-refractivity contribution in [1.82, 2.24) is 15.2 Å². The lowest BCUT2D eigenvalue weighted by atomic mass is 10.0. The third-order valence-corrected chi connectivity index (χ3v) is 10.5. The Bertz CT molecular complexity index is 1830. The Hall–Kier alpha value is -3.96. The molecule has 0 spiro atoms. The number of pyridine rings is 1. The first-order valence-electron chi connectivity index (χ1n) is 16.9. The second kappa shape index (κ2) is 18.9. The normalized spacial score (nSPS) is 15.4. The number of nitrogens with zero attached hydrogens (tertiary/aromatic N) is 2. The summed E-state index contributed by atoms with van der Waals surface area (Å²) in [5.74, 6) is -1.35. The van der Waals surface area contributed by atoms with Crippen molar-refractivity contribution < 1.29 is 50.5 Å². The number of rotatable bonds is 19. The first-order valence-corrected chi connectivity index (χ1v) is 19.3. The molecule has 2 aromatic carbocycles. The zero-order chi connectivity index (χ0) is 38.0. The number of carbonyl (C=O) groups excluding carboxylic acids is 2. The highest BCUT2D eigenvalue weighted by atomic mass is 35.5. The lowest BCUT2D eigenvalue weighted by Crippen LogP contribution is -2.37. The molecule has 0 unspecified atom stereocenters. The molecule has 288 valence electrons. The summed E-state index contributed by atoms with van der Waals surface area (Å²) >= 11 is 12.7. The number of esters is 1. The highest BCUT2D eigenvalue weighted by Gasteiger charge is 2.26. The van der Waals surface area contributed by atoms with Crippen LogP contribution in [-0.2, 0) is 30.7 Å². The largest absolute Gasteiger partial charge is 0.495 e. The number of ether oxygens (including phenoxy) is 5. The van der Waals surface area contributed by atoms with E-state index in [2.05, 4.69) is 24.7 Å². The molecule has 0 radical (unpaired) electrons. The number of benzene rings is 2. The summed E-state index contributed by atoms with van der Waals surface area (Å²) < 4.78 is 81.6. The molecule has 5 rings (SSSR count). The molecule has 3 aromatic rings. The lowest BCUT2D eigenvalue weighted by Gasteiger charge is -2.26. The molecule has 1 saturated heterocycles. The predicted molar refractivity (Wildman–Crippen MR) is 193 cm³/mol. The quantitative estimate of drug-likeness (QED) is 0.148. The SMILES string of the molecule is COc1ccc(C(=O)NCC(=O)O[C@@H](Cc2c(Cl)cncc2Cl)c2ccc(OC(F)F)c(OCC3CC3)c2)cc1NS(=O)(=O)CCCN1CCOCC1. The molecule has 13 nitrogen and oxygen atoms in total. The molecule has 1 atom stereocenters. The first-order chi connectivity index (χ1) is 25.4. The van der Waals surface area contributed by atoms with Crippen LogP contribution in [0, 0.1) is 5.92 Å². The van der Waals surface area contributed by atoms with E-state index in [1.165, 1.54) is 55.9 Å². The van der Waals surface area contributed by atoms with Crippen molar-refractivity contribution in [2.45, 2.75) is 38.4 Å². The van der Waals surface area contributed by atoms with Crippen LogP contribution < -0.4 is 24.2 Å². The summed E-state index contributed by atoms with van der Waals surface area (Å²) in [7, 11) is -2.43. The Labute approximate surface area is 316 Å². The molecule has 1 saturated carbocycles. The smallest absolute Gasteiger partial charge is 0.387 e. The van der Waals surface area contributed by atoms with Gasteiger partial charge in [-0.3, -0.25) is 24.2 Å². The molecular formula is C35H40Cl2F2N4O9S. The molecule has 1 aliphatic carbocycles. The minimum absolute atomic E-state index is 0.0363. The fourth-order valence-electron chi connectivity index (χ4n) is 5.47. The van der Waals surface area contributed by atoms with Gasteiger partial charge in [-0.15, -0.1) is 0 Å². The zero-order valence-electron chi connectivity index (χ0n) is 28.8. The van der Waals surface area contributed by atoms with Crippen molar-refractivity contribution in [2.24, 2.45) is 5.92 Å². The van der Waals surface area contributed by atoms with Crippen LogP contribution in [0.5, 0.6) is 17.2 Å². The van der Waals surface area contributed by atoms with Gasteiger partial charge in [0.1, 0.15) is 18.4 Å². The number of hydrogen-bond donors (Lipinski definition) is 2. The summed E-state index contributed by atoms with van der Waals surface area (Å²) in [6, 6.07) is 8.34. The standard InChI is InChI=1S/C35H40Cl2F2N4O9S/c1-48-29-7-6-24(15-28(29)42-53(46,47)14-2-9-43-10-12-49-13-11-43)34(45)41-20-33(44)51-31(17-25-26(36)18-40-19-27(25)37)23-5-8-30(52-35(38)39)32(16-23)50-21-22-3-4-22/h5-8,15-16,18-19,22,31,35,42H,2-4,9-14,17,20-21H2,1H3,(H,41,45)/t31-/m0/s1. The number of halogens is 4. The fraction of sp³-hybridized carbons (Fsp3) is 0.457. The molecule has 0 bridgehead atoms. The van der Waals surface area contributed by atoms with E-state index in [-0.39, 0.29) is 50.7 Å². The number of methoxy groups -OCH3 is 1. The van der Waals surface area contributed by atoms with Gasteiger partial charge < -0.3 is 29.0 Å². The van der Waals surface area contributed by atoms with Gasteiger partial charge in [0, 0.05) is 37.5 Å². The third kappa shape index (κ3) is 12.3. The molecule has 1 amide bonds. The van der Waals surface area contributed by atoms with E-state index in [1.807, 2.05) is 0 Å². The number of sulfonamides is 1. The molecular weight excluding hydrogens is 761 g/mol. The number of morpholine rings is 1. The monoisotopic (exact) mass is 800 g/mol. The Balaban J connectivity index is 1.26. The van der Waals surface area contributed by atoms with Gasteiger partial charge in [0.15, 0.2) is 11.5 Å². The number of anilines is 1. The van der Waals surface area contributed by atoms with Gasteiger partial charge in [0.25, 0.3) is 5.91 Å². The van der Waals surface area contributed by atoms with Crippen molar-refractivity contribution in [2.75, 3.05) is 63.6 Å². The number of carbonyl (C=O) groups is 2. The maximum atomic E-state index is 13.2. The maximum Gasteiger partial charge on any atom is 0.387 e. The van der Waals surface area contributed by atoms with E-state index in [0.717, 1.165) is 25.9 Å². The van der Waals surface area contributed by atoms with Gasteiger partial charge in [-0.05, 0) is 73.2 Å². The molecule has 2 N–H and O–H groups in total. The molecule has 18 heteroatoms. The fourth-order valence-corrected chi connectivity index (χ4v) is 7.10. The van der Waals surface area contributed by atoms with E-state index < -0.39 is 41.2 Å². The number of aromatic nitrogens is 1. The zero-order valence-corrected chi connectivity index (χ0v) is 31.2. The summed E-state index contributed by atoms with van der Waals surface area (Å²) in [6.07, 6.45) is 3.96. The van der Waals surface area contributed by atoms with Crippen LogP contribution >= 0.6 is 23.2 Å². The average molecular weight is 802 g/mol. The maximum absolute atomic E-state index is 13.2. The van der Waals surface area contributed by atoms with Crippen molar-refractivity contribution in [3.8, 4) is 17.2 Å². The van der Waals surface area contributed by atoms with Crippen LogP contribution in [0.25, 0.3) is 0 Å². The minimum Gasteiger partial charge on any atom is -0.495 e. The van der Waals surface area contributed by atoms with Gasteiger partial charge in [0.05, 0.1) is 48.4 Å². The van der Waals surface area contributed by atoms with Crippen LogP contribution in [-0.4, -0.2) is 95.7 Å². The summed E-state index contributed by atoms with van der Waals surface area (Å²) in [5, 5.41) is 2.90. The van der Waals surface area contributed by atoms with Gasteiger partial charge in [-0.2, -0.15) is 8.78 Å². The van der Waals surface area contributed by atoms with E-state index in [4.69, 9.17) is 42.1 Å². The Morgan fingerprint density at radius 3 is 2.43 bits per heavy atom. The number of hydrogen-bond acceptors (Lipinski definition) is 11. The highest BCUT2D eigenvalue weighted by Crippen LogP contribution is 2.38. The number of amides is 1. The van der Waals surface area contributed by atoms with Crippen molar-refractivity contribution in [3.63, 3.8) is 0 Å². The second-order valence-electron chi connectivity index (χ2n) is 12.4. The Morgan fingerprint density at radius 2 is 1.75 bits per heavy atom. The predicted octanol–water partition coefficient (Wildman–Crippen LogP) is 5.51. The molecule has 2 fully saturated rings. The summed E-state index contributed by atoms with van der Waals surface area (Å²) in [5.41, 5.74) is 0.869. The summed E-state index contributed by atoms with van der Waals surface area (Å²) in [4.78, 5) is 32.5. The van der Waals surface area contributed by atoms with Gasteiger partial charge in [-0.1, -0.05) is 29.3 Å². The van der Waals surface area contributed by atoms with Gasteiger partial charge >= 0.3 is 12.6 Å². The van der Waals surface area contributed by atoms with Crippen molar-refractivity contribution >= 4 is 50.8 Å². The molecule has 2 heterocycles. The lowest BCUT2D eigenvalue weighted by molar-refractivity contribution is -0.148. The van der Waals surface area contributed by atoms with Crippen molar-refractivity contribution in [1.29, 1.82) is 0 Å².